The monoisotopic (exact) mass is 524 g/mol. The molecule has 0 aliphatic carbocycles. The van der Waals surface area contributed by atoms with E-state index in [0.29, 0.717) is 34.4 Å². The third-order valence-corrected chi connectivity index (χ3v) is 6.48. The normalized spacial score (nSPS) is 11.2. The van der Waals surface area contributed by atoms with Crippen LogP contribution in [0.4, 0.5) is 17.3 Å². The van der Waals surface area contributed by atoms with Gasteiger partial charge in [-0.25, -0.2) is 13.4 Å². The van der Waals surface area contributed by atoms with Crippen LogP contribution in [0, 0.1) is 0 Å². The highest BCUT2D eigenvalue weighted by atomic mass is 32.2. The van der Waals surface area contributed by atoms with E-state index in [4.69, 9.17) is 4.74 Å². The number of amides is 1. The van der Waals surface area contributed by atoms with Gasteiger partial charge in [-0.3, -0.25) is 4.79 Å². The molecule has 5 aromatic rings. The zero-order valence-corrected chi connectivity index (χ0v) is 21.3. The van der Waals surface area contributed by atoms with Crippen LogP contribution in [-0.2, 0) is 15.6 Å². The van der Waals surface area contributed by atoms with Crippen molar-refractivity contribution < 1.29 is 17.9 Å². The number of anilines is 3. The van der Waals surface area contributed by atoms with Crippen LogP contribution in [-0.4, -0.2) is 30.5 Å². The molecule has 9 heteroatoms. The van der Waals surface area contributed by atoms with Gasteiger partial charge in [0.2, 0.25) is 11.8 Å². The van der Waals surface area contributed by atoms with E-state index in [2.05, 4.69) is 20.6 Å². The van der Waals surface area contributed by atoms with Gasteiger partial charge in [0.15, 0.2) is 9.84 Å². The summed E-state index contributed by atoms with van der Waals surface area (Å²) >= 11 is 0. The van der Waals surface area contributed by atoms with Crippen LogP contribution in [0.25, 0.3) is 10.8 Å². The molecule has 0 atom stereocenters. The quantitative estimate of drug-likeness (QED) is 0.258. The van der Waals surface area contributed by atoms with Crippen molar-refractivity contribution in [1.29, 1.82) is 0 Å². The Balaban J connectivity index is 1.30. The van der Waals surface area contributed by atoms with Crippen LogP contribution in [0.5, 0.6) is 11.6 Å². The summed E-state index contributed by atoms with van der Waals surface area (Å²) in [5, 5.41) is 7.67. The second-order valence-electron chi connectivity index (χ2n) is 8.72. The third kappa shape index (κ3) is 6.32. The van der Waals surface area contributed by atoms with Crippen molar-refractivity contribution in [3.8, 4) is 11.6 Å². The van der Waals surface area contributed by atoms with Crippen LogP contribution in [0.3, 0.4) is 0 Å². The molecule has 1 aromatic heterocycles. The van der Waals surface area contributed by atoms with Crippen molar-refractivity contribution in [3.05, 3.63) is 114 Å². The fourth-order valence-electron chi connectivity index (χ4n) is 3.94. The van der Waals surface area contributed by atoms with Crippen LogP contribution in [0.2, 0.25) is 0 Å². The van der Waals surface area contributed by atoms with E-state index in [9.17, 15) is 13.2 Å². The van der Waals surface area contributed by atoms with Gasteiger partial charge in [-0.2, -0.15) is 4.98 Å². The van der Waals surface area contributed by atoms with Crippen LogP contribution in [0.15, 0.2) is 103 Å². The van der Waals surface area contributed by atoms with E-state index >= 15 is 0 Å². The van der Waals surface area contributed by atoms with Gasteiger partial charge in [-0.15, -0.1) is 0 Å². The number of sulfone groups is 1. The first-order chi connectivity index (χ1) is 18.3. The van der Waals surface area contributed by atoms with Crippen molar-refractivity contribution in [2.75, 3.05) is 16.9 Å². The Morgan fingerprint density at radius 2 is 1.66 bits per heavy atom. The van der Waals surface area contributed by atoms with Gasteiger partial charge in [-0.1, -0.05) is 42.5 Å². The Morgan fingerprint density at radius 3 is 2.42 bits per heavy atom. The minimum atomic E-state index is -3.10. The molecule has 0 spiro atoms. The highest BCUT2D eigenvalue weighted by molar-refractivity contribution is 7.89. The number of fused-ring (bicyclic) bond motifs is 1. The number of hydrogen-bond donors (Lipinski definition) is 2. The maximum Gasteiger partial charge on any atom is 0.256 e. The number of benzene rings is 4. The Hall–Kier alpha value is -4.76. The minimum Gasteiger partial charge on any atom is -0.439 e. The van der Waals surface area contributed by atoms with E-state index in [-0.39, 0.29) is 11.7 Å². The Kier molecular flexibility index (Phi) is 7.01. The highest BCUT2D eigenvalue weighted by Gasteiger charge is 2.12. The van der Waals surface area contributed by atoms with Gasteiger partial charge in [0.1, 0.15) is 5.75 Å². The summed E-state index contributed by atoms with van der Waals surface area (Å²) in [5.41, 5.74) is 2.71. The van der Waals surface area contributed by atoms with Gasteiger partial charge in [0.25, 0.3) is 5.91 Å². The Bertz CT molecular complexity index is 1710. The molecule has 1 amide bonds. The van der Waals surface area contributed by atoms with Crippen molar-refractivity contribution in [2.45, 2.75) is 5.75 Å². The average molecular weight is 525 g/mol. The number of rotatable bonds is 8. The van der Waals surface area contributed by atoms with Crippen molar-refractivity contribution >= 4 is 43.8 Å². The molecule has 5 rings (SSSR count). The molecule has 190 valence electrons. The fourth-order valence-corrected chi connectivity index (χ4v) is 4.74. The predicted molar refractivity (Wildman–Crippen MR) is 149 cm³/mol. The van der Waals surface area contributed by atoms with Gasteiger partial charge >= 0.3 is 0 Å². The summed E-state index contributed by atoms with van der Waals surface area (Å²) in [7, 11) is -3.10. The standard InChI is InChI=1S/C29H24N4O4S/c1-38(35,36)19-20-10-12-23(13-11-20)32-29-30-17-16-27(33-29)37-24-14-15-25-21(18-24)6-5-9-26(25)28(34)31-22-7-3-2-4-8-22/h2-18H,19H2,1H3,(H,31,34)(H,30,32,33). The predicted octanol–water partition coefficient (Wildman–Crippen LogP) is 5.96. The number of nitrogens with zero attached hydrogens (tertiary/aromatic N) is 2. The summed E-state index contributed by atoms with van der Waals surface area (Å²) < 4.78 is 28.9. The summed E-state index contributed by atoms with van der Waals surface area (Å²) in [6.45, 7) is 0. The van der Waals surface area contributed by atoms with Crippen molar-refractivity contribution in [2.24, 2.45) is 0 Å². The Morgan fingerprint density at radius 1 is 0.868 bits per heavy atom. The molecule has 0 saturated carbocycles. The fraction of sp³-hybridized carbons (Fsp3) is 0.0690. The van der Waals surface area contributed by atoms with E-state index in [1.54, 1.807) is 48.7 Å². The van der Waals surface area contributed by atoms with E-state index in [1.807, 2.05) is 54.6 Å². The molecular formula is C29H24N4O4S. The lowest BCUT2D eigenvalue weighted by Gasteiger charge is -2.11. The molecular weight excluding hydrogens is 500 g/mol. The van der Waals surface area contributed by atoms with Crippen LogP contribution >= 0.6 is 0 Å². The van der Waals surface area contributed by atoms with Gasteiger partial charge < -0.3 is 15.4 Å². The third-order valence-electron chi connectivity index (χ3n) is 5.62. The van der Waals surface area contributed by atoms with Gasteiger partial charge in [0.05, 0.1) is 5.75 Å². The summed E-state index contributed by atoms with van der Waals surface area (Å²) in [6.07, 6.45) is 2.78. The van der Waals surface area contributed by atoms with E-state index < -0.39 is 9.84 Å². The Labute approximate surface area is 220 Å². The maximum absolute atomic E-state index is 12.9. The number of hydrogen-bond acceptors (Lipinski definition) is 7. The molecule has 0 unspecified atom stereocenters. The van der Waals surface area contributed by atoms with Gasteiger partial charge in [0, 0.05) is 35.5 Å². The molecule has 0 radical (unpaired) electrons. The van der Waals surface area contributed by atoms with E-state index in [0.717, 1.165) is 16.5 Å². The molecule has 0 fully saturated rings. The number of carbonyl (C=O) groups excluding carboxylic acids is 1. The second kappa shape index (κ2) is 10.7. The number of aromatic nitrogens is 2. The number of ether oxygens (including phenoxy) is 1. The molecule has 8 nitrogen and oxygen atoms in total. The first-order valence-corrected chi connectivity index (χ1v) is 13.8. The average Bonchev–Trinajstić information content (AvgIpc) is 2.89. The van der Waals surface area contributed by atoms with E-state index in [1.165, 1.54) is 6.26 Å². The molecule has 0 bridgehead atoms. The largest absolute Gasteiger partial charge is 0.439 e. The molecule has 0 saturated heterocycles. The second-order valence-corrected chi connectivity index (χ2v) is 10.9. The lowest BCUT2D eigenvalue weighted by atomic mass is 10.0. The first-order valence-electron chi connectivity index (χ1n) is 11.8. The number of nitrogens with one attached hydrogen (secondary N) is 2. The summed E-state index contributed by atoms with van der Waals surface area (Å²) in [6, 6.07) is 29.0. The molecule has 1 heterocycles. The smallest absolute Gasteiger partial charge is 0.256 e. The zero-order chi connectivity index (χ0) is 26.5. The molecule has 38 heavy (non-hydrogen) atoms. The molecule has 0 aliphatic heterocycles. The maximum atomic E-state index is 12.9. The molecule has 0 aliphatic rings. The first kappa shape index (κ1) is 24.9. The van der Waals surface area contributed by atoms with Crippen LogP contribution < -0.4 is 15.4 Å². The lowest BCUT2D eigenvalue weighted by molar-refractivity contribution is 0.102. The minimum absolute atomic E-state index is 0.0158. The highest BCUT2D eigenvalue weighted by Crippen LogP contribution is 2.28. The van der Waals surface area contributed by atoms with Crippen molar-refractivity contribution in [1.82, 2.24) is 9.97 Å². The van der Waals surface area contributed by atoms with Gasteiger partial charge in [-0.05, 0) is 64.9 Å². The number of para-hydroxylation sites is 1. The topological polar surface area (TPSA) is 110 Å². The SMILES string of the molecule is CS(=O)(=O)Cc1ccc(Nc2nccc(Oc3ccc4c(C(=O)Nc5ccccc5)cccc4c3)n2)cc1. The lowest BCUT2D eigenvalue weighted by Crippen LogP contribution is -2.12. The number of carbonyl (C=O) groups is 1. The van der Waals surface area contributed by atoms with Crippen LogP contribution in [0.1, 0.15) is 15.9 Å². The summed E-state index contributed by atoms with van der Waals surface area (Å²) in [4.78, 5) is 21.5. The summed E-state index contributed by atoms with van der Waals surface area (Å²) in [5.74, 6) is 1.03. The molecule has 4 aromatic carbocycles. The van der Waals surface area contributed by atoms with Crippen molar-refractivity contribution in [3.63, 3.8) is 0 Å². The molecule has 2 N–H and O–H groups in total. The zero-order valence-electron chi connectivity index (χ0n) is 20.5.